The number of benzene rings is 2. The van der Waals surface area contributed by atoms with Gasteiger partial charge in [0.2, 0.25) is 0 Å². The predicted octanol–water partition coefficient (Wildman–Crippen LogP) is 5.40. The summed E-state index contributed by atoms with van der Waals surface area (Å²) < 4.78 is 69.0. The fourth-order valence-electron chi connectivity index (χ4n) is 2.77. The van der Waals surface area contributed by atoms with Crippen LogP contribution in [0.15, 0.2) is 65.8 Å². The van der Waals surface area contributed by atoms with E-state index in [9.17, 15) is 21.6 Å². The van der Waals surface area contributed by atoms with E-state index < -0.39 is 21.6 Å². The highest BCUT2D eigenvalue weighted by atomic mass is 35.5. The lowest BCUT2D eigenvalue weighted by Crippen LogP contribution is -2.07. The highest BCUT2D eigenvalue weighted by molar-refractivity contribution is 7.90. The number of ether oxygens (including phenoxy) is 1. The SMILES string of the molecule is COc1ccc(Cl)cc1S(=O)(=O)Cc1cncc(-c2ccc(C(F)(F)F)cc2)c1. The Balaban J connectivity index is 1.91. The number of hydrogen-bond acceptors (Lipinski definition) is 4. The van der Waals surface area contributed by atoms with Gasteiger partial charge in [0.1, 0.15) is 10.6 Å². The minimum Gasteiger partial charge on any atom is -0.495 e. The number of sulfone groups is 1. The maximum absolute atomic E-state index is 12.8. The van der Waals surface area contributed by atoms with Crippen LogP contribution in [0.25, 0.3) is 11.1 Å². The molecule has 0 spiro atoms. The summed E-state index contributed by atoms with van der Waals surface area (Å²) in [6, 6.07) is 10.4. The van der Waals surface area contributed by atoms with E-state index in [1.807, 2.05) is 0 Å². The highest BCUT2D eigenvalue weighted by Crippen LogP contribution is 2.32. The molecule has 0 aliphatic rings. The van der Waals surface area contributed by atoms with Crippen LogP contribution in [0.5, 0.6) is 5.75 Å². The Hall–Kier alpha value is -2.58. The van der Waals surface area contributed by atoms with Crippen molar-refractivity contribution in [1.82, 2.24) is 4.98 Å². The molecule has 0 atom stereocenters. The lowest BCUT2D eigenvalue weighted by molar-refractivity contribution is -0.137. The molecule has 0 bridgehead atoms. The van der Waals surface area contributed by atoms with Crippen LogP contribution in [0.2, 0.25) is 5.02 Å². The summed E-state index contributed by atoms with van der Waals surface area (Å²) in [7, 11) is -2.45. The molecule has 3 rings (SSSR count). The van der Waals surface area contributed by atoms with Gasteiger partial charge in [0.05, 0.1) is 18.4 Å². The lowest BCUT2D eigenvalue weighted by atomic mass is 10.0. The Morgan fingerprint density at radius 1 is 1.00 bits per heavy atom. The smallest absolute Gasteiger partial charge is 0.416 e. The third kappa shape index (κ3) is 4.89. The number of pyridine rings is 1. The summed E-state index contributed by atoms with van der Waals surface area (Å²) in [4.78, 5) is 3.98. The number of alkyl halides is 3. The molecule has 0 N–H and O–H groups in total. The molecular weight excluding hydrogens is 427 g/mol. The summed E-state index contributed by atoms with van der Waals surface area (Å²) in [5.74, 6) is -0.202. The molecule has 3 aromatic rings. The Labute approximate surface area is 170 Å². The zero-order valence-corrected chi connectivity index (χ0v) is 16.6. The molecule has 0 amide bonds. The molecule has 0 saturated heterocycles. The van der Waals surface area contributed by atoms with Crippen LogP contribution in [0, 0.1) is 0 Å². The molecule has 9 heteroatoms. The second kappa shape index (κ2) is 8.04. The van der Waals surface area contributed by atoms with Crippen LogP contribution in [-0.4, -0.2) is 20.5 Å². The topological polar surface area (TPSA) is 56.3 Å². The summed E-state index contributed by atoms with van der Waals surface area (Å²) in [5, 5.41) is 0.251. The molecule has 152 valence electrons. The number of aromatic nitrogens is 1. The standard InChI is InChI=1S/C20H15ClF3NO3S/c1-28-18-7-6-17(21)9-19(18)29(26,27)12-13-8-15(11-25-10-13)14-2-4-16(5-3-14)20(22,23)24/h2-11H,12H2,1H3. The Kier molecular flexibility index (Phi) is 5.86. The first-order valence-corrected chi connectivity index (χ1v) is 10.3. The largest absolute Gasteiger partial charge is 0.495 e. The Bertz CT molecular complexity index is 1130. The van der Waals surface area contributed by atoms with Crippen LogP contribution in [0.4, 0.5) is 13.2 Å². The van der Waals surface area contributed by atoms with Crippen molar-refractivity contribution < 1.29 is 26.3 Å². The number of halogens is 4. The first-order chi connectivity index (χ1) is 13.6. The van der Waals surface area contributed by atoms with Crippen molar-refractivity contribution in [3.63, 3.8) is 0 Å². The van der Waals surface area contributed by atoms with Crippen molar-refractivity contribution >= 4 is 21.4 Å². The van der Waals surface area contributed by atoms with Crippen molar-refractivity contribution in [2.75, 3.05) is 7.11 Å². The van der Waals surface area contributed by atoms with Gasteiger partial charge < -0.3 is 4.74 Å². The summed E-state index contributed by atoms with van der Waals surface area (Å²) in [6.45, 7) is 0. The van der Waals surface area contributed by atoms with Gasteiger partial charge in [-0.2, -0.15) is 13.2 Å². The maximum Gasteiger partial charge on any atom is 0.416 e. The van der Waals surface area contributed by atoms with Gasteiger partial charge in [0.15, 0.2) is 9.84 Å². The maximum atomic E-state index is 12.8. The average molecular weight is 442 g/mol. The van der Waals surface area contributed by atoms with Gasteiger partial charge in [-0.1, -0.05) is 23.7 Å². The van der Waals surface area contributed by atoms with Gasteiger partial charge in [0, 0.05) is 23.0 Å². The van der Waals surface area contributed by atoms with Crippen LogP contribution < -0.4 is 4.74 Å². The first-order valence-electron chi connectivity index (χ1n) is 8.28. The van der Waals surface area contributed by atoms with Crippen molar-refractivity contribution in [2.24, 2.45) is 0 Å². The summed E-state index contributed by atoms with van der Waals surface area (Å²) in [5.41, 5.74) is 0.611. The molecule has 0 fully saturated rings. The average Bonchev–Trinajstić information content (AvgIpc) is 2.67. The lowest BCUT2D eigenvalue weighted by Gasteiger charge is -2.11. The van der Waals surface area contributed by atoms with Gasteiger partial charge >= 0.3 is 6.18 Å². The normalized spacial score (nSPS) is 12.0. The van der Waals surface area contributed by atoms with E-state index in [-0.39, 0.29) is 21.4 Å². The van der Waals surface area contributed by atoms with Crippen LogP contribution in [0.1, 0.15) is 11.1 Å². The van der Waals surface area contributed by atoms with E-state index >= 15 is 0 Å². The molecule has 0 aliphatic carbocycles. The van der Waals surface area contributed by atoms with Gasteiger partial charge in [-0.05, 0) is 47.5 Å². The first kappa shape index (κ1) is 21.1. The molecule has 0 saturated carbocycles. The van der Waals surface area contributed by atoms with Crippen molar-refractivity contribution in [3.8, 4) is 16.9 Å². The van der Waals surface area contributed by atoms with E-state index in [4.69, 9.17) is 16.3 Å². The molecule has 2 aromatic carbocycles. The van der Waals surface area contributed by atoms with E-state index in [1.165, 1.54) is 49.8 Å². The molecule has 29 heavy (non-hydrogen) atoms. The van der Waals surface area contributed by atoms with Crippen molar-refractivity contribution in [2.45, 2.75) is 16.8 Å². The number of hydrogen-bond donors (Lipinski definition) is 0. The van der Waals surface area contributed by atoms with Crippen molar-refractivity contribution in [1.29, 1.82) is 0 Å². The third-order valence-corrected chi connectivity index (χ3v) is 6.10. The Morgan fingerprint density at radius 2 is 1.69 bits per heavy atom. The molecule has 0 radical (unpaired) electrons. The van der Waals surface area contributed by atoms with E-state index in [0.717, 1.165) is 12.1 Å². The van der Waals surface area contributed by atoms with Crippen LogP contribution in [-0.2, 0) is 21.8 Å². The third-order valence-electron chi connectivity index (χ3n) is 4.16. The zero-order chi connectivity index (χ0) is 21.2. The number of nitrogens with zero attached hydrogens (tertiary/aromatic N) is 1. The van der Waals surface area contributed by atoms with E-state index in [0.29, 0.717) is 16.7 Å². The van der Waals surface area contributed by atoms with Gasteiger partial charge in [-0.25, -0.2) is 8.42 Å². The molecule has 1 heterocycles. The monoisotopic (exact) mass is 441 g/mol. The van der Waals surface area contributed by atoms with E-state index in [2.05, 4.69) is 4.98 Å². The fourth-order valence-corrected chi connectivity index (χ4v) is 4.52. The van der Waals surface area contributed by atoms with Crippen LogP contribution >= 0.6 is 11.6 Å². The summed E-state index contributed by atoms with van der Waals surface area (Å²) in [6.07, 6.45) is -1.58. The minimum atomic E-state index is -4.43. The molecule has 4 nitrogen and oxygen atoms in total. The van der Waals surface area contributed by atoms with Crippen LogP contribution in [0.3, 0.4) is 0 Å². The van der Waals surface area contributed by atoms with Crippen molar-refractivity contribution in [3.05, 3.63) is 77.1 Å². The summed E-state index contributed by atoms with van der Waals surface area (Å²) >= 11 is 5.92. The van der Waals surface area contributed by atoms with Gasteiger partial charge in [-0.15, -0.1) is 0 Å². The highest BCUT2D eigenvalue weighted by Gasteiger charge is 2.30. The zero-order valence-electron chi connectivity index (χ0n) is 15.1. The quantitative estimate of drug-likeness (QED) is 0.531. The molecule has 0 unspecified atom stereocenters. The second-order valence-electron chi connectivity index (χ2n) is 6.21. The molecule has 1 aromatic heterocycles. The van der Waals surface area contributed by atoms with E-state index in [1.54, 1.807) is 6.07 Å². The Morgan fingerprint density at radius 3 is 2.31 bits per heavy atom. The predicted molar refractivity (Wildman–Crippen MR) is 104 cm³/mol. The van der Waals surface area contributed by atoms with Gasteiger partial charge in [-0.3, -0.25) is 4.98 Å². The molecular formula is C20H15ClF3NO3S. The van der Waals surface area contributed by atoms with Gasteiger partial charge in [0.25, 0.3) is 0 Å². The molecule has 0 aliphatic heterocycles. The second-order valence-corrected chi connectivity index (χ2v) is 8.61. The number of rotatable bonds is 5. The minimum absolute atomic E-state index is 0.0487. The fraction of sp³-hybridized carbons (Fsp3) is 0.150. The number of methoxy groups -OCH3 is 1.